The Morgan fingerprint density at radius 2 is 1.65 bits per heavy atom. The van der Waals surface area contributed by atoms with E-state index < -0.39 is 30.0 Å². The van der Waals surface area contributed by atoms with Crippen molar-refractivity contribution in [2.75, 3.05) is 0 Å². The van der Waals surface area contributed by atoms with Crippen LogP contribution in [-0.2, 0) is 20.2 Å². The third-order valence-corrected chi connectivity index (χ3v) is 3.88. The predicted octanol–water partition coefficient (Wildman–Crippen LogP) is 0.661. The molecule has 0 radical (unpaired) electrons. The maximum atomic E-state index is 11.1. The summed E-state index contributed by atoms with van der Waals surface area (Å²) >= 11 is 0. The summed E-state index contributed by atoms with van der Waals surface area (Å²) in [5.74, 6) is 0. The third-order valence-electron chi connectivity index (χ3n) is 2.17. The van der Waals surface area contributed by atoms with Gasteiger partial charge in [0.1, 0.15) is 4.90 Å². The second kappa shape index (κ2) is 3.53. The lowest BCUT2D eigenvalue weighted by Crippen LogP contribution is -2.04. The number of fused-ring (bicyclic) bond motifs is 1. The average Bonchev–Trinajstić information content (AvgIpc) is 2.59. The van der Waals surface area contributed by atoms with Gasteiger partial charge in [-0.15, -0.1) is 0 Å². The van der Waals surface area contributed by atoms with Crippen molar-refractivity contribution in [3.8, 4) is 0 Å². The topological polar surface area (TPSA) is 125 Å². The maximum Gasteiger partial charge on any atom is 0.296 e. The Kier molecular flexibility index (Phi) is 2.51. The molecule has 1 heterocycles. The van der Waals surface area contributed by atoms with Gasteiger partial charge in [0.2, 0.25) is 0 Å². The molecule has 9 heteroatoms. The second-order valence-corrected chi connectivity index (χ2v) is 6.12. The zero-order valence-electron chi connectivity index (χ0n) is 8.15. The standard InChI is InChI=1S/C8H7NO6S2/c10-16(11,12)6-3-5-1-2-9-8(5)7(4-6)17(13,14)15/h1-4,9H,(H,10,11,12)(H,13,14,15). The smallest absolute Gasteiger partial charge is 0.296 e. The van der Waals surface area contributed by atoms with E-state index in [9.17, 15) is 16.8 Å². The van der Waals surface area contributed by atoms with E-state index in [4.69, 9.17) is 9.11 Å². The summed E-state index contributed by atoms with van der Waals surface area (Å²) < 4.78 is 61.9. The van der Waals surface area contributed by atoms with Gasteiger partial charge in [0.25, 0.3) is 20.2 Å². The van der Waals surface area contributed by atoms with Gasteiger partial charge in [-0.05, 0) is 18.2 Å². The SMILES string of the molecule is O=S(=O)(O)c1cc(S(=O)(=O)O)c2[nH]ccc2c1. The summed E-state index contributed by atoms with van der Waals surface area (Å²) in [4.78, 5) is 1.35. The Balaban J connectivity index is 2.96. The molecule has 1 aromatic carbocycles. The largest absolute Gasteiger partial charge is 0.360 e. The highest BCUT2D eigenvalue weighted by Gasteiger charge is 2.20. The average molecular weight is 277 g/mol. The van der Waals surface area contributed by atoms with Crippen LogP contribution in [0.2, 0.25) is 0 Å². The van der Waals surface area contributed by atoms with E-state index in [2.05, 4.69) is 4.98 Å². The van der Waals surface area contributed by atoms with Crippen LogP contribution in [-0.4, -0.2) is 30.9 Å². The highest BCUT2D eigenvalue weighted by atomic mass is 32.2. The lowest BCUT2D eigenvalue weighted by Gasteiger charge is -2.03. The minimum Gasteiger partial charge on any atom is -0.360 e. The van der Waals surface area contributed by atoms with Gasteiger partial charge in [0, 0.05) is 11.6 Å². The third kappa shape index (κ3) is 2.17. The van der Waals surface area contributed by atoms with E-state index in [0.717, 1.165) is 6.07 Å². The number of hydrogen-bond acceptors (Lipinski definition) is 4. The van der Waals surface area contributed by atoms with Crippen molar-refractivity contribution in [3.63, 3.8) is 0 Å². The fourth-order valence-electron chi connectivity index (χ4n) is 1.46. The van der Waals surface area contributed by atoms with Crippen LogP contribution >= 0.6 is 0 Å². The molecule has 0 aliphatic carbocycles. The fraction of sp³-hybridized carbons (Fsp3) is 0. The first-order chi connectivity index (χ1) is 7.69. The number of rotatable bonds is 2. The summed E-state index contributed by atoms with van der Waals surface area (Å²) in [6.45, 7) is 0. The minimum atomic E-state index is -4.59. The normalized spacial score (nSPS) is 13.1. The molecule has 0 spiro atoms. The molecule has 0 saturated carbocycles. The van der Waals surface area contributed by atoms with Crippen LogP contribution in [0.3, 0.4) is 0 Å². The van der Waals surface area contributed by atoms with Crippen LogP contribution < -0.4 is 0 Å². The van der Waals surface area contributed by atoms with Crippen molar-refractivity contribution in [1.29, 1.82) is 0 Å². The molecule has 2 rings (SSSR count). The molecule has 2 aromatic rings. The summed E-state index contributed by atoms with van der Waals surface area (Å²) in [6.07, 6.45) is 1.38. The van der Waals surface area contributed by atoms with Crippen molar-refractivity contribution in [1.82, 2.24) is 4.98 Å². The van der Waals surface area contributed by atoms with Crippen molar-refractivity contribution in [2.45, 2.75) is 9.79 Å². The lowest BCUT2D eigenvalue weighted by atomic mass is 10.2. The van der Waals surface area contributed by atoms with Crippen molar-refractivity contribution >= 4 is 31.1 Å². The second-order valence-electron chi connectivity index (χ2n) is 3.31. The Morgan fingerprint density at radius 1 is 1.00 bits per heavy atom. The van der Waals surface area contributed by atoms with E-state index in [-0.39, 0.29) is 10.9 Å². The van der Waals surface area contributed by atoms with E-state index in [1.807, 2.05) is 0 Å². The Hall–Kier alpha value is -1.42. The summed E-state index contributed by atoms with van der Waals surface area (Å²) in [5.41, 5.74) is 0.0694. The van der Waals surface area contributed by atoms with Gasteiger partial charge in [-0.25, -0.2) is 0 Å². The molecular weight excluding hydrogens is 270 g/mol. The van der Waals surface area contributed by atoms with E-state index in [0.29, 0.717) is 6.07 Å². The van der Waals surface area contributed by atoms with Gasteiger partial charge in [0.15, 0.2) is 0 Å². The number of H-pyrrole nitrogens is 1. The zero-order valence-corrected chi connectivity index (χ0v) is 9.79. The molecule has 92 valence electrons. The molecule has 3 N–H and O–H groups in total. The predicted molar refractivity (Wildman–Crippen MR) is 57.9 cm³/mol. The van der Waals surface area contributed by atoms with Crippen LogP contribution in [0.15, 0.2) is 34.2 Å². The maximum absolute atomic E-state index is 11.1. The molecule has 0 amide bonds. The number of benzene rings is 1. The number of aromatic amines is 1. The van der Waals surface area contributed by atoms with Crippen molar-refractivity contribution < 1.29 is 25.9 Å². The first-order valence-corrected chi connectivity index (χ1v) is 7.14. The molecule has 0 saturated heterocycles. The Morgan fingerprint density at radius 3 is 2.18 bits per heavy atom. The fourth-order valence-corrected chi connectivity index (χ4v) is 2.79. The van der Waals surface area contributed by atoms with Gasteiger partial charge in [0.05, 0.1) is 10.4 Å². The number of aromatic nitrogens is 1. The van der Waals surface area contributed by atoms with Gasteiger partial charge >= 0.3 is 0 Å². The van der Waals surface area contributed by atoms with Crippen LogP contribution in [0.5, 0.6) is 0 Å². The van der Waals surface area contributed by atoms with Gasteiger partial charge in [-0.1, -0.05) is 0 Å². The molecule has 1 aromatic heterocycles. The van der Waals surface area contributed by atoms with E-state index in [1.54, 1.807) is 0 Å². The molecule has 0 atom stereocenters. The minimum absolute atomic E-state index is 0.0694. The molecule has 0 aliphatic heterocycles. The van der Waals surface area contributed by atoms with Crippen LogP contribution in [0, 0.1) is 0 Å². The van der Waals surface area contributed by atoms with Crippen LogP contribution in [0.25, 0.3) is 10.9 Å². The first kappa shape index (κ1) is 12.0. The summed E-state index contributed by atoms with van der Waals surface area (Å²) in [7, 11) is -9.13. The van der Waals surface area contributed by atoms with Gasteiger partial charge in [-0.3, -0.25) is 9.11 Å². The Bertz CT molecular complexity index is 787. The zero-order chi connectivity index (χ0) is 12.8. The quantitative estimate of drug-likeness (QED) is 0.692. The molecule has 0 unspecified atom stereocenters. The number of hydrogen-bond donors (Lipinski definition) is 3. The highest BCUT2D eigenvalue weighted by Crippen LogP contribution is 2.25. The van der Waals surface area contributed by atoms with Crippen LogP contribution in [0.1, 0.15) is 0 Å². The first-order valence-electron chi connectivity index (χ1n) is 4.26. The Labute approximate surface area is 96.6 Å². The summed E-state index contributed by atoms with van der Waals surface area (Å²) in [5, 5.41) is 0.243. The molecule has 0 fully saturated rings. The highest BCUT2D eigenvalue weighted by molar-refractivity contribution is 7.86. The van der Waals surface area contributed by atoms with E-state index >= 15 is 0 Å². The van der Waals surface area contributed by atoms with Crippen LogP contribution in [0.4, 0.5) is 0 Å². The van der Waals surface area contributed by atoms with Crippen molar-refractivity contribution in [3.05, 3.63) is 24.4 Å². The number of nitrogens with one attached hydrogen (secondary N) is 1. The molecular formula is C8H7NO6S2. The molecule has 17 heavy (non-hydrogen) atoms. The summed E-state index contributed by atoms with van der Waals surface area (Å²) in [6, 6.07) is 3.19. The van der Waals surface area contributed by atoms with Gasteiger partial charge in [-0.2, -0.15) is 16.8 Å². The lowest BCUT2D eigenvalue weighted by molar-refractivity contribution is 0.482. The monoisotopic (exact) mass is 277 g/mol. The molecule has 0 aliphatic rings. The molecule has 7 nitrogen and oxygen atoms in total. The van der Waals surface area contributed by atoms with E-state index in [1.165, 1.54) is 12.3 Å². The van der Waals surface area contributed by atoms with Crippen molar-refractivity contribution in [2.24, 2.45) is 0 Å². The molecule has 0 bridgehead atoms. The van der Waals surface area contributed by atoms with Gasteiger partial charge < -0.3 is 4.98 Å².